The number of likely N-dealkylation sites (tertiary alicyclic amines) is 2. The van der Waals surface area contributed by atoms with Crippen LogP contribution in [0.2, 0.25) is 0 Å². The van der Waals surface area contributed by atoms with Crippen molar-refractivity contribution < 1.29 is 60.4 Å². The normalized spacial score (nSPS) is 25.6. The number of rotatable bonds is 12. The van der Waals surface area contributed by atoms with Crippen LogP contribution in [0.15, 0.2) is 54.0 Å². The van der Waals surface area contributed by atoms with Crippen molar-refractivity contribution in [2.45, 2.75) is 107 Å². The molecule has 2 saturated heterocycles. The Kier molecular flexibility index (Phi) is 12.0. The highest BCUT2D eigenvalue weighted by molar-refractivity contribution is 7.10. The lowest BCUT2D eigenvalue weighted by molar-refractivity contribution is -0.165. The van der Waals surface area contributed by atoms with Gasteiger partial charge in [-0.15, -0.1) is 11.3 Å². The van der Waals surface area contributed by atoms with E-state index in [1.807, 2.05) is 6.92 Å². The molecule has 1 aliphatic carbocycles. The molecule has 4 heterocycles. The van der Waals surface area contributed by atoms with E-state index in [1.165, 1.54) is 4.90 Å². The Balaban J connectivity index is 1.28. The average Bonchev–Trinajstić information content (AvgIpc) is 3.80. The van der Waals surface area contributed by atoms with Gasteiger partial charge in [0.25, 0.3) is 5.91 Å². The topological polar surface area (TPSA) is 130 Å². The fourth-order valence-electron chi connectivity index (χ4n) is 8.53. The number of halogens is 6. The first-order valence-electron chi connectivity index (χ1n) is 19.0. The number of aliphatic hydroxyl groups is 1. The van der Waals surface area contributed by atoms with Gasteiger partial charge in [-0.05, 0) is 76.6 Å². The van der Waals surface area contributed by atoms with Crippen molar-refractivity contribution in [1.29, 1.82) is 0 Å². The number of carbonyl (C=O) groups excluding carboxylic acids is 2. The Labute approximate surface area is 329 Å². The fourth-order valence-corrected chi connectivity index (χ4v) is 9.21. The van der Waals surface area contributed by atoms with Crippen molar-refractivity contribution >= 4 is 29.0 Å². The van der Waals surface area contributed by atoms with E-state index < -0.39 is 75.4 Å². The van der Waals surface area contributed by atoms with Crippen LogP contribution in [0.4, 0.5) is 26.3 Å². The van der Waals surface area contributed by atoms with Gasteiger partial charge in [-0.1, -0.05) is 31.5 Å². The van der Waals surface area contributed by atoms with Crippen LogP contribution in [0.3, 0.4) is 0 Å². The Bertz CT molecular complexity index is 1950. The number of piperidine rings is 2. The molecule has 1 amide bonds. The summed E-state index contributed by atoms with van der Waals surface area (Å²) in [5, 5.41) is 22.9. The van der Waals surface area contributed by atoms with Crippen molar-refractivity contribution in [3.05, 3.63) is 75.7 Å². The van der Waals surface area contributed by atoms with Gasteiger partial charge < -0.3 is 24.6 Å². The summed E-state index contributed by atoms with van der Waals surface area (Å²) in [6.07, 6.45) is -6.58. The number of para-hydroxylation sites is 1. The molecule has 2 aliphatic heterocycles. The van der Waals surface area contributed by atoms with Crippen LogP contribution in [0.25, 0.3) is 0 Å². The van der Waals surface area contributed by atoms with E-state index in [0.717, 1.165) is 29.8 Å². The zero-order valence-corrected chi connectivity index (χ0v) is 32.3. The first-order valence-corrected chi connectivity index (χ1v) is 19.8. The number of carboxylic acids is 1. The molecule has 2 N–H and O–H groups in total. The van der Waals surface area contributed by atoms with Crippen LogP contribution in [0.5, 0.6) is 11.5 Å². The van der Waals surface area contributed by atoms with E-state index in [4.69, 9.17) is 9.47 Å². The second-order valence-electron chi connectivity index (χ2n) is 15.5. The van der Waals surface area contributed by atoms with Crippen molar-refractivity contribution in [1.82, 2.24) is 14.8 Å². The number of Topliss-reactive ketones (excluding diaryl/α,β-unsaturated/α-hetero) is 1. The summed E-state index contributed by atoms with van der Waals surface area (Å²) < 4.78 is 95.5. The maximum Gasteiger partial charge on any atom is 0.425 e. The van der Waals surface area contributed by atoms with Crippen LogP contribution >= 0.6 is 11.3 Å². The number of pyridine rings is 1. The molecule has 3 aromatic rings. The SMILES string of the molecule is CCCC1N(CC(=O)c2ncccc2C(F)(F)F)CCCC1(Oc1csc(C(F)(F)F)c1)C(=O)N1CCC(O)(c2ccccc2OC2CCC(C)(C(=O)O)C2)CC1. The summed E-state index contributed by atoms with van der Waals surface area (Å²) >= 11 is 0.398. The molecule has 1 saturated carbocycles. The number of carboxylic acid groups (broad SMARTS) is 1. The number of alkyl halides is 6. The molecule has 2 aromatic heterocycles. The maximum absolute atomic E-state index is 15.0. The molecule has 4 atom stereocenters. The molecule has 310 valence electrons. The summed E-state index contributed by atoms with van der Waals surface area (Å²) in [4.78, 5) is 46.2. The number of nitrogens with zero attached hydrogens (tertiary/aromatic N) is 3. The van der Waals surface area contributed by atoms with Crippen LogP contribution in [0.1, 0.15) is 98.1 Å². The third kappa shape index (κ3) is 8.80. The van der Waals surface area contributed by atoms with Crippen LogP contribution in [-0.2, 0) is 27.5 Å². The predicted molar refractivity (Wildman–Crippen MR) is 196 cm³/mol. The zero-order valence-electron chi connectivity index (χ0n) is 31.5. The van der Waals surface area contributed by atoms with E-state index in [0.29, 0.717) is 48.3 Å². The number of ketones is 1. The van der Waals surface area contributed by atoms with Gasteiger partial charge in [0.2, 0.25) is 5.60 Å². The summed E-state index contributed by atoms with van der Waals surface area (Å²) in [6, 6.07) is 8.62. The number of aliphatic carboxylic acids is 1. The number of amides is 1. The minimum atomic E-state index is -4.86. The van der Waals surface area contributed by atoms with Gasteiger partial charge in [-0.25, -0.2) is 0 Å². The second-order valence-corrected chi connectivity index (χ2v) is 16.4. The van der Waals surface area contributed by atoms with E-state index >= 15 is 0 Å². The van der Waals surface area contributed by atoms with Gasteiger partial charge in [0.1, 0.15) is 22.1 Å². The van der Waals surface area contributed by atoms with E-state index in [2.05, 4.69) is 4.98 Å². The van der Waals surface area contributed by atoms with E-state index in [1.54, 1.807) is 36.1 Å². The lowest BCUT2D eigenvalue weighted by atomic mass is 9.78. The smallest absolute Gasteiger partial charge is 0.425 e. The maximum atomic E-state index is 15.0. The molecule has 0 bridgehead atoms. The molecule has 57 heavy (non-hydrogen) atoms. The number of thiophene rings is 1. The second kappa shape index (κ2) is 16.2. The molecule has 0 radical (unpaired) electrons. The van der Waals surface area contributed by atoms with Crippen molar-refractivity contribution in [3.63, 3.8) is 0 Å². The van der Waals surface area contributed by atoms with Crippen molar-refractivity contribution in [2.24, 2.45) is 5.41 Å². The molecule has 4 unspecified atom stereocenters. The number of carbonyl (C=O) groups is 3. The molecule has 10 nitrogen and oxygen atoms in total. The average molecular weight is 826 g/mol. The number of hydrogen-bond acceptors (Lipinski definition) is 9. The molecule has 3 fully saturated rings. The van der Waals surface area contributed by atoms with Crippen LogP contribution in [-0.4, -0.2) is 86.6 Å². The lowest BCUT2D eigenvalue weighted by Crippen LogP contribution is -2.68. The first-order chi connectivity index (χ1) is 26.8. The molecule has 17 heteroatoms. The highest BCUT2D eigenvalue weighted by atomic mass is 32.1. The summed E-state index contributed by atoms with van der Waals surface area (Å²) in [5.74, 6) is -2.22. The predicted octanol–water partition coefficient (Wildman–Crippen LogP) is 7.98. The van der Waals surface area contributed by atoms with E-state index in [-0.39, 0.29) is 63.6 Å². The number of aromatic nitrogens is 1. The third-order valence-electron chi connectivity index (χ3n) is 11.5. The van der Waals surface area contributed by atoms with Gasteiger partial charge in [0.15, 0.2) is 5.78 Å². The highest BCUT2D eigenvalue weighted by Gasteiger charge is 2.55. The molecular weight excluding hydrogens is 781 g/mol. The molecular formula is C40H45F6N3O7S. The first kappa shape index (κ1) is 42.4. The summed E-state index contributed by atoms with van der Waals surface area (Å²) in [6.45, 7) is 3.15. The molecule has 0 spiro atoms. The Morgan fingerprint density at radius 2 is 1.70 bits per heavy atom. The highest BCUT2D eigenvalue weighted by Crippen LogP contribution is 2.46. The van der Waals surface area contributed by atoms with Gasteiger partial charge in [0.05, 0.1) is 35.3 Å². The lowest BCUT2D eigenvalue weighted by Gasteiger charge is -2.51. The number of hydrogen-bond donors (Lipinski definition) is 2. The van der Waals surface area contributed by atoms with Crippen molar-refractivity contribution in [2.75, 3.05) is 26.2 Å². The van der Waals surface area contributed by atoms with Crippen molar-refractivity contribution in [3.8, 4) is 11.5 Å². The fraction of sp³-hybridized carbons (Fsp3) is 0.550. The standard InChI is InChI=1S/C40H45F6N3O7S/c1-3-8-31-38(56-26-21-32(57-24-26)40(44,45)46,13-7-18-49(31)23-29(50)33-28(39(41,42)43)10-6-17-47-33)34(51)48-19-15-37(54,16-20-48)27-9-4-5-11-30(27)55-25-12-14-36(2,22-25)35(52)53/h4-6,9-11,17,21,24-25,31,54H,3,7-8,12-16,18-20,22-23H2,1-2H3,(H,52,53). The minimum Gasteiger partial charge on any atom is -0.490 e. The molecule has 6 rings (SSSR count). The zero-order chi connectivity index (χ0) is 41.4. The number of benzene rings is 1. The summed E-state index contributed by atoms with van der Waals surface area (Å²) in [5.41, 5.74) is -5.74. The van der Waals surface area contributed by atoms with E-state index in [9.17, 15) is 50.9 Å². The quantitative estimate of drug-likeness (QED) is 0.138. The van der Waals surface area contributed by atoms with Gasteiger partial charge in [0, 0.05) is 42.7 Å². The monoisotopic (exact) mass is 825 g/mol. The van der Waals surface area contributed by atoms with Gasteiger partial charge in [-0.3, -0.25) is 24.3 Å². The minimum absolute atomic E-state index is 0.00732. The van der Waals surface area contributed by atoms with Gasteiger partial charge >= 0.3 is 18.3 Å². The Morgan fingerprint density at radius 3 is 2.33 bits per heavy atom. The molecule has 3 aliphatic rings. The largest absolute Gasteiger partial charge is 0.490 e. The van der Waals surface area contributed by atoms with Crippen LogP contribution < -0.4 is 9.47 Å². The van der Waals surface area contributed by atoms with Crippen LogP contribution in [0, 0.1) is 5.41 Å². The van der Waals surface area contributed by atoms with Gasteiger partial charge in [-0.2, -0.15) is 26.3 Å². The molecule has 1 aromatic carbocycles. The third-order valence-corrected chi connectivity index (χ3v) is 12.5. The number of ether oxygens (including phenoxy) is 2. The Morgan fingerprint density at radius 1 is 0.982 bits per heavy atom. The summed E-state index contributed by atoms with van der Waals surface area (Å²) in [7, 11) is 0. The Hall–Kier alpha value is -4.22.